The molecule has 2 atom stereocenters. The normalized spacial score (nSPS) is 20.3. The minimum Gasteiger partial charge on any atom is -0.354 e. The number of rotatable bonds is 6. The van der Waals surface area contributed by atoms with Crippen LogP contribution in [0.5, 0.6) is 0 Å². The summed E-state index contributed by atoms with van der Waals surface area (Å²) in [6.45, 7) is 0. The summed E-state index contributed by atoms with van der Waals surface area (Å²) in [6.07, 6.45) is -15.0. The van der Waals surface area contributed by atoms with E-state index in [4.69, 9.17) is 5.11 Å². The first-order chi connectivity index (χ1) is 12.0. The molecule has 0 saturated heterocycles. The molecule has 0 rings (SSSR count). The molecule has 0 aliphatic carbocycles. The van der Waals surface area contributed by atoms with Crippen molar-refractivity contribution in [3.05, 3.63) is 0 Å². The van der Waals surface area contributed by atoms with Crippen LogP contribution in [0.25, 0.3) is 0 Å². The summed E-state index contributed by atoms with van der Waals surface area (Å²) >= 11 is -1.22. The minimum absolute atomic E-state index is 1.22. The van der Waals surface area contributed by atoms with Crippen LogP contribution in [0.2, 0.25) is 0 Å². The van der Waals surface area contributed by atoms with Crippen LogP contribution in [0.15, 0.2) is 0 Å². The van der Waals surface area contributed by atoms with E-state index in [0.29, 0.717) is 0 Å². The summed E-state index contributed by atoms with van der Waals surface area (Å²) in [7, 11) is 0. The molecular formula is C9HF18IO. The molecule has 0 spiro atoms. The van der Waals surface area contributed by atoms with Gasteiger partial charge in [-0.15, -0.1) is 0 Å². The van der Waals surface area contributed by atoms with Gasteiger partial charge in [0, 0.05) is 0 Å². The van der Waals surface area contributed by atoms with E-state index in [0.717, 1.165) is 0 Å². The second-order valence-corrected chi connectivity index (χ2v) is 6.55. The lowest BCUT2D eigenvalue weighted by molar-refractivity contribution is -0.465. The summed E-state index contributed by atoms with van der Waals surface area (Å²) in [4.78, 5) is 0. The number of hydrogen-bond acceptors (Lipinski definition) is 1. The van der Waals surface area contributed by atoms with Crippen molar-refractivity contribution in [1.29, 1.82) is 0 Å². The van der Waals surface area contributed by atoms with Crippen molar-refractivity contribution in [1.82, 2.24) is 0 Å². The van der Waals surface area contributed by atoms with Gasteiger partial charge in [0.15, 0.2) is 0 Å². The molecule has 20 heteroatoms. The monoisotopic (exact) mass is 594 g/mol. The van der Waals surface area contributed by atoms with Crippen molar-refractivity contribution in [2.75, 3.05) is 0 Å². The Kier molecular flexibility index (Phi) is 6.58. The van der Waals surface area contributed by atoms with Crippen LogP contribution in [0.4, 0.5) is 79.0 Å². The molecule has 1 nitrogen and oxygen atoms in total. The van der Waals surface area contributed by atoms with Gasteiger partial charge in [0.1, 0.15) is 0 Å². The number of hydrogen-bond donors (Lipinski definition) is 1. The number of halogens is 19. The highest BCUT2D eigenvalue weighted by molar-refractivity contribution is 14.1. The zero-order valence-electron chi connectivity index (χ0n) is 12.1. The maximum absolute atomic E-state index is 13.3. The van der Waals surface area contributed by atoms with Crippen molar-refractivity contribution >= 4 is 22.6 Å². The van der Waals surface area contributed by atoms with E-state index in [2.05, 4.69) is 0 Å². The van der Waals surface area contributed by atoms with Crippen molar-refractivity contribution in [3.63, 3.8) is 0 Å². The Morgan fingerprint density at radius 2 is 0.621 bits per heavy atom. The topological polar surface area (TPSA) is 20.2 Å². The molecule has 0 radical (unpaired) electrons. The fraction of sp³-hybridized carbons (Fsp3) is 1.00. The highest BCUT2D eigenvalue weighted by Gasteiger charge is 2.95. The Morgan fingerprint density at radius 1 is 0.379 bits per heavy atom. The summed E-state index contributed by atoms with van der Waals surface area (Å²) < 4.78 is 221. The van der Waals surface area contributed by atoms with Crippen LogP contribution in [-0.4, -0.2) is 56.6 Å². The van der Waals surface area contributed by atoms with E-state index in [1.807, 2.05) is 0 Å². The van der Waals surface area contributed by atoms with E-state index in [1.54, 1.807) is 0 Å². The van der Waals surface area contributed by atoms with Crippen LogP contribution in [0, 0.1) is 0 Å². The highest BCUT2D eigenvalue weighted by Crippen LogP contribution is 2.65. The predicted octanol–water partition coefficient (Wildman–Crippen LogP) is 6.05. The van der Waals surface area contributed by atoms with E-state index in [9.17, 15) is 79.0 Å². The zero-order chi connectivity index (χ0) is 24.5. The molecule has 0 aliphatic rings. The minimum atomic E-state index is -8.71. The quantitative estimate of drug-likeness (QED) is 0.226. The molecule has 0 fully saturated rings. The van der Waals surface area contributed by atoms with Crippen molar-refractivity contribution < 1.29 is 84.1 Å². The van der Waals surface area contributed by atoms with Gasteiger partial charge >= 0.3 is 51.5 Å². The van der Waals surface area contributed by atoms with Gasteiger partial charge in [-0.2, -0.15) is 70.2 Å². The lowest BCUT2D eigenvalue weighted by atomic mass is 9.89. The molecule has 0 bridgehead atoms. The first-order valence-corrected chi connectivity index (χ1v) is 6.89. The third-order valence-corrected chi connectivity index (χ3v) is 4.45. The van der Waals surface area contributed by atoms with E-state index >= 15 is 0 Å². The Balaban J connectivity index is 6.82. The Labute approximate surface area is 159 Å². The van der Waals surface area contributed by atoms with Gasteiger partial charge in [0.05, 0.1) is 0 Å². The molecule has 0 aromatic heterocycles. The second-order valence-electron chi connectivity index (χ2n) is 5.06. The Bertz CT molecular complexity index is 560. The predicted molar refractivity (Wildman–Crippen MR) is 60.8 cm³/mol. The number of aliphatic hydroxyl groups is 1. The smallest absolute Gasteiger partial charge is 0.354 e. The average Bonchev–Trinajstić information content (AvgIpc) is 2.43. The molecular weight excluding hydrogens is 593 g/mol. The lowest BCUT2D eigenvalue weighted by Crippen LogP contribution is -2.76. The molecule has 0 amide bonds. The van der Waals surface area contributed by atoms with Gasteiger partial charge in [0.2, 0.25) is 0 Å². The van der Waals surface area contributed by atoms with Crippen molar-refractivity contribution in [2.45, 2.75) is 51.5 Å². The first-order valence-electron chi connectivity index (χ1n) is 5.81. The molecule has 1 N–H and O–H groups in total. The van der Waals surface area contributed by atoms with E-state index < -0.39 is 74.1 Å². The van der Waals surface area contributed by atoms with Crippen LogP contribution < -0.4 is 0 Å². The standard InChI is InChI=1S/C9HF18IO/c10-1(11,3(14,15)5(18,19)8(22,23)24)2(12,13)4(16,17)7(21,29)6(20,28)9(25,26)27/h29H. The molecule has 176 valence electrons. The SMILES string of the molecule is OC(F)(C(F)(F)C(F)(F)C(F)(F)C(F)(F)C(F)(F)C(F)(F)F)C(F)(I)C(F)(F)F. The van der Waals surface area contributed by atoms with Gasteiger partial charge in [0.25, 0.3) is 0 Å². The molecule has 29 heavy (non-hydrogen) atoms. The highest BCUT2D eigenvalue weighted by atomic mass is 127. The third kappa shape index (κ3) is 3.48. The molecule has 0 aromatic carbocycles. The Morgan fingerprint density at radius 3 is 0.862 bits per heavy atom. The fourth-order valence-electron chi connectivity index (χ4n) is 1.36. The average molecular weight is 594 g/mol. The first kappa shape index (κ1) is 28.4. The van der Waals surface area contributed by atoms with Gasteiger partial charge in [-0.3, -0.25) is 0 Å². The van der Waals surface area contributed by atoms with Gasteiger partial charge < -0.3 is 5.11 Å². The van der Waals surface area contributed by atoms with Gasteiger partial charge in [-0.1, -0.05) is 0 Å². The fourth-order valence-corrected chi connectivity index (χ4v) is 1.70. The van der Waals surface area contributed by atoms with Crippen molar-refractivity contribution in [3.8, 4) is 0 Å². The second kappa shape index (κ2) is 6.71. The molecule has 0 saturated carbocycles. The summed E-state index contributed by atoms with van der Waals surface area (Å²) in [5.41, 5.74) is 0. The van der Waals surface area contributed by atoms with E-state index in [1.165, 1.54) is 0 Å². The Hall–Kier alpha value is -0.570. The molecule has 0 heterocycles. The summed E-state index contributed by atoms with van der Waals surface area (Å²) in [6, 6.07) is 0. The van der Waals surface area contributed by atoms with Crippen LogP contribution in [0.3, 0.4) is 0 Å². The van der Waals surface area contributed by atoms with Crippen LogP contribution in [0.1, 0.15) is 0 Å². The lowest BCUT2D eigenvalue weighted by Gasteiger charge is -2.44. The van der Waals surface area contributed by atoms with Gasteiger partial charge in [-0.05, 0) is 22.6 Å². The summed E-state index contributed by atoms with van der Waals surface area (Å²) in [5.74, 6) is -50.1. The number of alkyl halides is 19. The maximum atomic E-state index is 13.3. The largest absolute Gasteiger partial charge is 0.460 e. The molecule has 0 aromatic rings. The van der Waals surface area contributed by atoms with Gasteiger partial charge in [-0.25, -0.2) is 8.78 Å². The summed E-state index contributed by atoms with van der Waals surface area (Å²) in [5, 5.41) is 8.25. The van der Waals surface area contributed by atoms with Crippen molar-refractivity contribution in [2.24, 2.45) is 0 Å². The zero-order valence-corrected chi connectivity index (χ0v) is 14.3. The van der Waals surface area contributed by atoms with Crippen LogP contribution in [-0.2, 0) is 0 Å². The maximum Gasteiger partial charge on any atom is 0.460 e. The molecule has 2 unspecified atom stereocenters. The third-order valence-electron chi connectivity index (χ3n) is 3.12. The molecule has 0 aliphatic heterocycles. The van der Waals surface area contributed by atoms with Crippen LogP contribution >= 0.6 is 22.6 Å². The van der Waals surface area contributed by atoms with E-state index in [-0.39, 0.29) is 0 Å².